The average molecular weight is 511 g/mol. The van der Waals surface area contributed by atoms with Crippen LogP contribution in [0, 0.1) is 11.8 Å². The second kappa shape index (κ2) is 10.4. The van der Waals surface area contributed by atoms with E-state index in [-0.39, 0.29) is 16.2 Å². The molecule has 0 unspecified atom stereocenters. The summed E-state index contributed by atoms with van der Waals surface area (Å²) >= 11 is 0. The van der Waals surface area contributed by atoms with Crippen molar-refractivity contribution in [3.05, 3.63) is 77.2 Å². The molecule has 190 valence electrons. The van der Waals surface area contributed by atoms with Gasteiger partial charge in [-0.3, -0.25) is 4.79 Å². The number of hydrogen-bond donors (Lipinski definition) is 0. The zero-order valence-corrected chi connectivity index (χ0v) is 21.0. The van der Waals surface area contributed by atoms with Gasteiger partial charge in [0.15, 0.2) is 0 Å². The molecule has 0 bridgehead atoms. The Balaban J connectivity index is 1.37. The molecule has 1 saturated carbocycles. The molecule has 1 aromatic heterocycles. The minimum atomic E-state index is -3.57. The van der Waals surface area contributed by atoms with Crippen molar-refractivity contribution >= 4 is 15.7 Å². The summed E-state index contributed by atoms with van der Waals surface area (Å²) in [5.74, 6) is 1.04. The molecule has 5 rings (SSSR count). The minimum absolute atomic E-state index is 0.247. The highest BCUT2D eigenvalue weighted by Gasteiger charge is 2.38. The van der Waals surface area contributed by atoms with Crippen molar-refractivity contribution in [2.45, 2.75) is 11.3 Å². The molecule has 0 radical (unpaired) electrons. The number of para-hydroxylation sites is 1. The number of hydrogen-bond acceptors (Lipinski definition) is 7. The predicted molar refractivity (Wildman–Crippen MR) is 136 cm³/mol. The number of ether oxygens (including phenoxy) is 2. The number of benzene rings is 2. The van der Waals surface area contributed by atoms with E-state index in [9.17, 15) is 13.2 Å². The van der Waals surface area contributed by atoms with Crippen molar-refractivity contribution in [1.29, 1.82) is 0 Å². The molecule has 0 spiro atoms. The third-order valence-corrected chi connectivity index (χ3v) is 8.68. The fraction of sp³-hybridized carbons (Fsp3) is 0.385. The molecule has 1 aliphatic carbocycles. The Labute approximate surface area is 210 Å². The van der Waals surface area contributed by atoms with E-state index in [1.807, 2.05) is 35.2 Å². The fourth-order valence-electron chi connectivity index (χ4n) is 4.58. The van der Waals surface area contributed by atoms with E-state index in [0.717, 1.165) is 6.42 Å². The van der Waals surface area contributed by atoms with Gasteiger partial charge in [0, 0.05) is 39.9 Å². The zero-order valence-electron chi connectivity index (χ0n) is 20.2. The second-order valence-corrected chi connectivity index (χ2v) is 11.1. The monoisotopic (exact) mass is 510 g/mol. The predicted octanol–water partition coefficient (Wildman–Crippen LogP) is 2.40. The number of rotatable bonds is 9. The van der Waals surface area contributed by atoms with Crippen LogP contribution in [-0.2, 0) is 14.8 Å². The lowest BCUT2D eigenvalue weighted by Crippen LogP contribution is -2.49. The normalized spacial score (nSPS) is 20.3. The van der Waals surface area contributed by atoms with E-state index in [4.69, 9.17) is 9.47 Å². The Morgan fingerprint density at radius 1 is 0.917 bits per heavy atom. The van der Waals surface area contributed by atoms with E-state index >= 15 is 0 Å². The van der Waals surface area contributed by atoms with Crippen LogP contribution in [0.15, 0.2) is 76.6 Å². The Morgan fingerprint density at radius 3 is 2.22 bits per heavy atom. The lowest BCUT2D eigenvalue weighted by Gasteiger charge is -2.35. The van der Waals surface area contributed by atoms with Gasteiger partial charge in [0.25, 0.3) is 0 Å². The summed E-state index contributed by atoms with van der Waals surface area (Å²) < 4.78 is 40.3. The number of piperazine rings is 1. The fourth-order valence-corrected chi connectivity index (χ4v) is 6.02. The topological polar surface area (TPSA) is 94.0 Å². The molecule has 2 aliphatic rings. The van der Waals surface area contributed by atoms with Gasteiger partial charge in [-0.2, -0.15) is 14.1 Å². The van der Waals surface area contributed by atoms with E-state index in [0.29, 0.717) is 62.6 Å². The van der Waals surface area contributed by atoms with Crippen LogP contribution in [0.2, 0.25) is 0 Å². The van der Waals surface area contributed by atoms with Gasteiger partial charge in [-0.15, -0.1) is 0 Å². The van der Waals surface area contributed by atoms with E-state index < -0.39 is 10.0 Å². The highest BCUT2D eigenvalue weighted by Crippen LogP contribution is 2.39. The standard InChI is InChI=1S/C26H30N4O5S/c1-34-18-20-16-21(20)19-35-25-24(17-27-30(26(25)31)22-8-4-2-5-9-22)28-12-14-29(15-13-28)36(32,33)23-10-6-3-7-11-23/h2-11,17,20-21H,12-16,18-19H2,1H3/t20-,21-/m0/s1. The van der Waals surface area contributed by atoms with Gasteiger partial charge >= 0.3 is 5.56 Å². The van der Waals surface area contributed by atoms with Gasteiger partial charge in [0.05, 0.1) is 23.4 Å². The molecule has 0 N–H and O–H groups in total. The minimum Gasteiger partial charge on any atom is -0.486 e. The molecule has 1 aliphatic heterocycles. The molecule has 3 aromatic rings. The molecule has 2 atom stereocenters. The maximum absolute atomic E-state index is 13.5. The molecule has 10 heteroatoms. The van der Waals surface area contributed by atoms with Crippen LogP contribution in [0.3, 0.4) is 0 Å². The summed E-state index contributed by atoms with van der Waals surface area (Å²) in [6, 6.07) is 17.7. The number of aromatic nitrogens is 2. The largest absolute Gasteiger partial charge is 0.486 e. The second-order valence-electron chi connectivity index (χ2n) is 9.14. The molecule has 2 fully saturated rings. The van der Waals surface area contributed by atoms with Crippen LogP contribution in [0.4, 0.5) is 5.69 Å². The average Bonchev–Trinajstić information content (AvgIpc) is 3.67. The maximum atomic E-state index is 13.5. The molecule has 36 heavy (non-hydrogen) atoms. The maximum Gasteiger partial charge on any atom is 0.316 e. The number of nitrogens with zero attached hydrogens (tertiary/aromatic N) is 4. The Morgan fingerprint density at radius 2 is 1.56 bits per heavy atom. The van der Waals surface area contributed by atoms with Crippen LogP contribution in [0.25, 0.3) is 5.69 Å². The van der Waals surface area contributed by atoms with E-state index in [1.54, 1.807) is 43.6 Å². The number of sulfonamides is 1. The van der Waals surface area contributed by atoms with Crippen molar-refractivity contribution in [1.82, 2.24) is 14.1 Å². The molecule has 9 nitrogen and oxygen atoms in total. The van der Waals surface area contributed by atoms with Crippen LogP contribution in [0.5, 0.6) is 5.75 Å². The quantitative estimate of drug-likeness (QED) is 0.436. The van der Waals surface area contributed by atoms with Gasteiger partial charge in [0.2, 0.25) is 15.8 Å². The van der Waals surface area contributed by atoms with Crippen molar-refractivity contribution < 1.29 is 17.9 Å². The van der Waals surface area contributed by atoms with Gasteiger partial charge in [-0.1, -0.05) is 36.4 Å². The van der Waals surface area contributed by atoms with Crippen LogP contribution in [0.1, 0.15) is 6.42 Å². The zero-order chi connectivity index (χ0) is 25.1. The molecule has 0 amide bonds. The van der Waals surface area contributed by atoms with Crippen molar-refractivity contribution in [3.8, 4) is 11.4 Å². The van der Waals surface area contributed by atoms with Crippen LogP contribution in [-0.4, -0.2) is 69.0 Å². The van der Waals surface area contributed by atoms with Gasteiger partial charge in [-0.25, -0.2) is 8.42 Å². The smallest absolute Gasteiger partial charge is 0.316 e. The number of methoxy groups -OCH3 is 1. The molecular formula is C26H30N4O5S. The van der Waals surface area contributed by atoms with Gasteiger partial charge in [0.1, 0.15) is 5.69 Å². The van der Waals surface area contributed by atoms with Gasteiger partial charge < -0.3 is 14.4 Å². The highest BCUT2D eigenvalue weighted by molar-refractivity contribution is 7.89. The Hall–Kier alpha value is -3.21. The van der Waals surface area contributed by atoms with Crippen molar-refractivity contribution in [2.24, 2.45) is 11.8 Å². The SMILES string of the molecule is COC[C@@H]1C[C@H]1COc1c(N2CCN(S(=O)(=O)c3ccccc3)CC2)cnn(-c2ccccc2)c1=O. The van der Waals surface area contributed by atoms with Gasteiger partial charge in [-0.05, 0) is 42.5 Å². The number of anilines is 1. The van der Waals surface area contributed by atoms with Crippen molar-refractivity contribution in [3.63, 3.8) is 0 Å². The first-order valence-corrected chi connectivity index (χ1v) is 13.5. The lowest BCUT2D eigenvalue weighted by atomic mass is 10.3. The molecular weight excluding hydrogens is 480 g/mol. The first-order chi connectivity index (χ1) is 17.5. The third kappa shape index (κ3) is 5.02. The highest BCUT2D eigenvalue weighted by atomic mass is 32.2. The summed E-state index contributed by atoms with van der Waals surface area (Å²) in [7, 11) is -1.88. The summed E-state index contributed by atoms with van der Waals surface area (Å²) in [4.78, 5) is 15.8. The lowest BCUT2D eigenvalue weighted by molar-refractivity contribution is 0.174. The summed E-state index contributed by atoms with van der Waals surface area (Å²) in [5.41, 5.74) is 0.913. The molecule has 2 heterocycles. The first kappa shape index (κ1) is 24.5. The molecule has 2 aromatic carbocycles. The Kier molecular flexibility index (Phi) is 7.08. The van der Waals surface area contributed by atoms with Crippen LogP contribution < -0.4 is 15.2 Å². The van der Waals surface area contributed by atoms with Crippen LogP contribution >= 0.6 is 0 Å². The van der Waals surface area contributed by atoms with Crippen molar-refractivity contribution in [2.75, 3.05) is 51.4 Å². The Bertz CT molecular complexity index is 1340. The van der Waals surface area contributed by atoms with E-state index in [2.05, 4.69) is 5.10 Å². The molecule has 1 saturated heterocycles. The van der Waals surface area contributed by atoms with E-state index in [1.165, 1.54) is 8.99 Å². The summed E-state index contributed by atoms with van der Waals surface area (Å²) in [6.07, 6.45) is 2.65. The summed E-state index contributed by atoms with van der Waals surface area (Å²) in [6.45, 7) is 2.57. The summed E-state index contributed by atoms with van der Waals surface area (Å²) in [5, 5.41) is 4.42. The first-order valence-electron chi connectivity index (χ1n) is 12.1. The third-order valence-electron chi connectivity index (χ3n) is 6.77.